The number of rotatable bonds is 5. The van der Waals surface area contributed by atoms with E-state index in [0.29, 0.717) is 25.0 Å². The molecule has 6 heteroatoms. The van der Waals surface area contributed by atoms with Gasteiger partial charge in [0, 0.05) is 44.6 Å². The average molecular weight is 299 g/mol. The zero-order chi connectivity index (χ0) is 14.8. The number of hydrogen-bond acceptors (Lipinski definition) is 3. The highest BCUT2D eigenvalue weighted by Crippen LogP contribution is 2.22. The summed E-state index contributed by atoms with van der Waals surface area (Å²) in [7, 11) is -1.01. The summed E-state index contributed by atoms with van der Waals surface area (Å²) < 4.78 is 27.0. The highest BCUT2D eigenvalue weighted by Gasteiger charge is 2.31. The van der Waals surface area contributed by atoms with Gasteiger partial charge >= 0.3 is 0 Å². The molecule has 1 aliphatic heterocycles. The van der Waals surface area contributed by atoms with Gasteiger partial charge < -0.3 is 9.88 Å². The molecule has 5 nitrogen and oxygen atoms in total. The van der Waals surface area contributed by atoms with Gasteiger partial charge in [-0.3, -0.25) is 0 Å². The van der Waals surface area contributed by atoms with Crippen LogP contribution >= 0.6 is 0 Å². The van der Waals surface area contributed by atoms with E-state index in [4.69, 9.17) is 0 Å². The second-order valence-electron chi connectivity index (χ2n) is 5.68. The van der Waals surface area contributed by atoms with Crippen LogP contribution in [0.3, 0.4) is 0 Å². The summed E-state index contributed by atoms with van der Waals surface area (Å²) in [5.74, 6) is 0.388. The zero-order valence-electron chi connectivity index (χ0n) is 12.5. The first kappa shape index (κ1) is 15.5. The molecule has 2 atom stereocenters. The van der Waals surface area contributed by atoms with Gasteiger partial charge in [-0.1, -0.05) is 13.3 Å². The SMILES string of the molecule is CC[C@H]1CN(S(C)(=O)=O)CC[C@@H]1NCc1cccn1C. The zero-order valence-corrected chi connectivity index (χ0v) is 13.4. The van der Waals surface area contributed by atoms with Gasteiger partial charge in [0.05, 0.1) is 6.26 Å². The quantitative estimate of drug-likeness (QED) is 0.888. The maximum atomic E-state index is 11.6. The van der Waals surface area contributed by atoms with Crippen molar-refractivity contribution in [3.63, 3.8) is 0 Å². The fraction of sp³-hybridized carbons (Fsp3) is 0.714. The van der Waals surface area contributed by atoms with Gasteiger partial charge in [-0.25, -0.2) is 12.7 Å². The fourth-order valence-corrected chi connectivity index (χ4v) is 3.80. The van der Waals surface area contributed by atoms with Crippen molar-refractivity contribution in [1.82, 2.24) is 14.2 Å². The van der Waals surface area contributed by atoms with E-state index in [1.54, 1.807) is 4.31 Å². The number of aromatic nitrogens is 1. The Hall–Kier alpha value is -0.850. The molecule has 0 radical (unpaired) electrons. The van der Waals surface area contributed by atoms with E-state index in [-0.39, 0.29) is 0 Å². The van der Waals surface area contributed by atoms with Gasteiger partial charge in [-0.2, -0.15) is 0 Å². The van der Waals surface area contributed by atoms with Crippen molar-refractivity contribution in [2.24, 2.45) is 13.0 Å². The molecule has 0 spiro atoms. The Balaban J connectivity index is 1.94. The van der Waals surface area contributed by atoms with Crippen molar-refractivity contribution in [3.05, 3.63) is 24.0 Å². The van der Waals surface area contributed by atoms with Crippen molar-refractivity contribution >= 4 is 10.0 Å². The number of piperidine rings is 1. The normalized spacial score (nSPS) is 24.9. The highest BCUT2D eigenvalue weighted by atomic mass is 32.2. The molecule has 0 aliphatic carbocycles. The van der Waals surface area contributed by atoms with Crippen molar-refractivity contribution in [1.29, 1.82) is 0 Å². The van der Waals surface area contributed by atoms with E-state index in [2.05, 4.69) is 22.9 Å². The predicted molar refractivity (Wildman–Crippen MR) is 80.9 cm³/mol. The molecule has 0 saturated carbocycles. The van der Waals surface area contributed by atoms with Crippen molar-refractivity contribution in [2.75, 3.05) is 19.3 Å². The molecular weight excluding hydrogens is 274 g/mol. The van der Waals surface area contributed by atoms with Gasteiger partial charge in [-0.15, -0.1) is 0 Å². The van der Waals surface area contributed by atoms with E-state index in [0.717, 1.165) is 19.4 Å². The Morgan fingerprint density at radius 1 is 1.45 bits per heavy atom. The van der Waals surface area contributed by atoms with Crippen LogP contribution < -0.4 is 5.32 Å². The smallest absolute Gasteiger partial charge is 0.211 e. The first-order chi connectivity index (χ1) is 9.41. The van der Waals surface area contributed by atoms with Crippen molar-refractivity contribution in [2.45, 2.75) is 32.4 Å². The first-order valence-corrected chi connectivity index (χ1v) is 9.05. The number of aryl methyl sites for hydroxylation is 1. The second kappa shape index (κ2) is 6.28. The molecular formula is C14H25N3O2S. The molecule has 20 heavy (non-hydrogen) atoms. The standard InChI is InChI=1S/C14H25N3O2S/c1-4-12-11-17(20(3,18)19)9-7-14(12)15-10-13-6-5-8-16(13)2/h5-6,8,12,14-15H,4,7,9-11H2,1-3H3/t12-,14-/m0/s1. The van der Waals surface area contributed by atoms with Crippen LogP contribution in [0.5, 0.6) is 0 Å². The van der Waals surface area contributed by atoms with E-state index in [1.807, 2.05) is 19.3 Å². The number of sulfonamides is 1. The summed E-state index contributed by atoms with van der Waals surface area (Å²) in [5, 5.41) is 3.60. The summed E-state index contributed by atoms with van der Waals surface area (Å²) in [4.78, 5) is 0. The summed E-state index contributed by atoms with van der Waals surface area (Å²) >= 11 is 0. The third-order valence-electron chi connectivity index (χ3n) is 4.29. The van der Waals surface area contributed by atoms with E-state index in [9.17, 15) is 8.42 Å². The van der Waals surface area contributed by atoms with Crippen LogP contribution in [0, 0.1) is 5.92 Å². The molecule has 1 aliphatic rings. The van der Waals surface area contributed by atoms with Crippen LogP contribution in [0.15, 0.2) is 18.3 Å². The summed E-state index contributed by atoms with van der Waals surface area (Å²) in [5.41, 5.74) is 1.25. The molecule has 114 valence electrons. The number of hydrogen-bond donors (Lipinski definition) is 1. The Morgan fingerprint density at radius 3 is 2.75 bits per heavy atom. The maximum Gasteiger partial charge on any atom is 0.211 e. The topological polar surface area (TPSA) is 54.3 Å². The predicted octanol–water partition coefficient (Wildman–Crippen LogP) is 1.17. The third kappa shape index (κ3) is 3.62. The molecule has 2 heterocycles. The molecule has 0 unspecified atom stereocenters. The maximum absolute atomic E-state index is 11.6. The third-order valence-corrected chi connectivity index (χ3v) is 5.56. The van der Waals surface area contributed by atoms with Crippen LogP contribution in [0.1, 0.15) is 25.5 Å². The molecule has 1 N–H and O–H groups in total. The molecule has 1 aromatic heterocycles. The van der Waals surface area contributed by atoms with Crippen LogP contribution in [0.4, 0.5) is 0 Å². The van der Waals surface area contributed by atoms with Gasteiger partial charge in [0.1, 0.15) is 0 Å². The minimum Gasteiger partial charge on any atom is -0.353 e. The van der Waals surface area contributed by atoms with Crippen LogP contribution in [-0.2, 0) is 23.6 Å². The molecule has 1 saturated heterocycles. The van der Waals surface area contributed by atoms with Crippen molar-refractivity contribution < 1.29 is 8.42 Å². The van der Waals surface area contributed by atoms with Crippen molar-refractivity contribution in [3.8, 4) is 0 Å². The minimum atomic E-state index is -3.06. The van der Waals surface area contributed by atoms with Crippen LogP contribution in [0.2, 0.25) is 0 Å². The number of nitrogens with one attached hydrogen (secondary N) is 1. The van der Waals surface area contributed by atoms with Crippen LogP contribution in [0.25, 0.3) is 0 Å². The lowest BCUT2D eigenvalue weighted by Gasteiger charge is -2.37. The lowest BCUT2D eigenvalue weighted by molar-refractivity contribution is 0.201. The van der Waals surface area contributed by atoms with Gasteiger partial charge in [0.25, 0.3) is 0 Å². The van der Waals surface area contributed by atoms with Gasteiger partial charge in [0.15, 0.2) is 0 Å². The summed E-state index contributed by atoms with van der Waals surface area (Å²) in [6.07, 6.45) is 5.23. The monoisotopic (exact) mass is 299 g/mol. The van der Waals surface area contributed by atoms with Crippen LogP contribution in [-0.4, -0.2) is 42.7 Å². The largest absolute Gasteiger partial charge is 0.353 e. The first-order valence-electron chi connectivity index (χ1n) is 7.20. The molecule has 0 amide bonds. The molecule has 0 aromatic carbocycles. The Kier molecular flexibility index (Phi) is 4.88. The molecule has 1 aromatic rings. The van der Waals surface area contributed by atoms with E-state index < -0.39 is 10.0 Å². The fourth-order valence-electron chi connectivity index (χ4n) is 2.90. The lowest BCUT2D eigenvalue weighted by atomic mass is 9.91. The lowest BCUT2D eigenvalue weighted by Crippen LogP contribution is -2.50. The Bertz CT molecular complexity index is 538. The number of nitrogens with zero attached hydrogens (tertiary/aromatic N) is 2. The summed E-state index contributed by atoms with van der Waals surface area (Å²) in [6, 6.07) is 4.55. The minimum absolute atomic E-state index is 0.388. The molecule has 1 fully saturated rings. The summed E-state index contributed by atoms with van der Waals surface area (Å²) in [6.45, 7) is 4.23. The van der Waals surface area contributed by atoms with Gasteiger partial charge in [0.2, 0.25) is 10.0 Å². The average Bonchev–Trinajstić information content (AvgIpc) is 2.80. The highest BCUT2D eigenvalue weighted by molar-refractivity contribution is 7.88. The Morgan fingerprint density at radius 2 is 2.20 bits per heavy atom. The molecule has 0 bridgehead atoms. The second-order valence-corrected chi connectivity index (χ2v) is 7.66. The van der Waals surface area contributed by atoms with E-state index >= 15 is 0 Å². The van der Waals surface area contributed by atoms with Gasteiger partial charge in [-0.05, 0) is 24.5 Å². The molecule has 2 rings (SSSR count). The van der Waals surface area contributed by atoms with E-state index in [1.165, 1.54) is 11.9 Å². The Labute approximate surface area is 122 Å².